The third-order valence-electron chi connectivity index (χ3n) is 2.53. The van der Waals surface area contributed by atoms with Crippen LogP contribution in [0.3, 0.4) is 0 Å². The van der Waals surface area contributed by atoms with Gasteiger partial charge in [-0.1, -0.05) is 6.07 Å². The lowest BCUT2D eigenvalue weighted by atomic mass is 10.4. The van der Waals surface area contributed by atoms with Crippen LogP contribution in [0.15, 0.2) is 37.2 Å². The molecule has 1 fully saturated rings. The molecule has 2 rings (SSSR count). The number of thioether (sulfide) groups is 1. The monoisotopic (exact) mass is 345 g/mol. The maximum Gasteiger partial charge on any atom is 0.294 e. The molecule has 1 aliphatic heterocycles. The molecule has 9 heteroatoms. The van der Waals surface area contributed by atoms with E-state index in [4.69, 9.17) is 0 Å². The molecule has 1 aromatic heterocycles. The van der Waals surface area contributed by atoms with Gasteiger partial charge >= 0.3 is 0 Å². The van der Waals surface area contributed by atoms with Gasteiger partial charge in [0, 0.05) is 26.8 Å². The van der Waals surface area contributed by atoms with Crippen molar-refractivity contribution >= 4 is 44.2 Å². The minimum atomic E-state index is -3.77. The molecular weight excluding hydrogens is 330 g/mol. The van der Waals surface area contributed by atoms with Gasteiger partial charge in [0.25, 0.3) is 15.9 Å². The molecule has 0 aliphatic carbocycles. The van der Waals surface area contributed by atoms with Gasteiger partial charge in [-0.25, -0.2) is 0 Å². The van der Waals surface area contributed by atoms with Crippen LogP contribution in [-0.2, 0) is 14.8 Å². The Hall–Kier alpha value is -1.32. The predicted octanol–water partition coefficient (Wildman–Crippen LogP) is 1.79. The summed E-state index contributed by atoms with van der Waals surface area (Å²) < 4.78 is 28.4. The van der Waals surface area contributed by atoms with Crippen molar-refractivity contribution in [3.63, 3.8) is 0 Å². The fraction of sp³-hybridized carbons (Fsp3) is 0.333. The van der Waals surface area contributed by atoms with Gasteiger partial charge in [0.1, 0.15) is 4.21 Å². The predicted molar refractivity (Wildman–Crippen MR) is 85.7 cm³/mol. The van der Waals surface area contributed by atoms with Gasteiger partial charge in [-0.3, -0.25) is 9.69 Å². The van der Waals surface area contributed by atoms with Gasteiger partial charge in [0.15, 0.2) is 5.17 Å². The summed E-state index contributed by atoms with van der Waals surface area (Å²) in [5.41, 5.74) is 0. The molecule has 1 aromatic rings. The molecule has 1 aliphatic rings. The molecular formula is C12H15N3O3S3. The molecule has 1 amide bonds. The Labute approximate surface area is 132 Å². The maximum atomic E-state index is 12.2. The van der Waals surface area contributed by atoms with E-state index in [2.05, 4.69) is 4.40 Å². The second kappa shape index (κ2) is 6.20. The molecule has 0 spiro atoms. The van der Waals surface area contributed by atoms with Crippen LogP contribution in [0.25, 0.3) is 0 Å². The van der Waals surface area contributed by atoms with E-state index in [-0.39, 0.29) is 15.3 Å². The van der Waals surface area contributed by atoms with Crippen molar-refractivity contribution in [1.29, 1.82) is 0 Å². The van der Waals surface area contributed by atoms with Crippen molar-refractivity contribution in [2.24, 2.45) is 4.40 Å². The number of rotatable bonds is 4. The Kier molecular flexibility index (Phi) is 4.74. The van der Waals surface area contributed by atoms with Crippen LogP contribution in [0.4, 0.5) is 0 Å². The molecule has 0 unspecified atom stereocenters. The summed E-state index contributed by atoms with van der Waals surface area (Å²) in [6.07, 6.45) is 1.66. The van der Waals surface area contributed by atoms with Crippen LogP contribution >= 0.6 is 23.1 Å². The van der Waals surface area contributed by atoms with Gasteiger partial charge in [0.05, 0.1) is 4.91 Å². The van der Waals surface area contributed by atoms with Crippen LogP contribution in [0.5, 0.6) is 0 Å². The summed E-state index contributed by atoms with van der Waals surface area (Å²) in [5, 5.41) is 1.87. The largest absolute Gasteiger partial charge is 0.382 e. The Bertz CT molecular complexity index is 691. The second-order valence-electron chi connectivity index (χ2n) is 4.39. The fourth-order valence-corrected chi connectivity index (χ4v) is 4.92. The smallest absolute Gasteiger partial charge is 0.294 e. The van der Waals surface area contributed by atoms with Crippen LogP contribution in [-0.4, -0.2) is 49.9 Å². The Morgan fingerprint density at radius 2 is 2.14 bits per heavy atom. The van der Waals surface area contributed by atoms with E-state index in [1.165, 1.54) is 11.0 Å². The maximum absolute atomic E-state index is 12.2. The molecule has 0 saturated carbocycles. The molecule has 0 aromatic carbocycles. The minimum Gasteiger partial charge on any atom is -0.382 e. The van der Waals surface area contributed by atoms with E-state index in [1.807, 2.05) is 0 Å². The number of amidine groups is 1. The van der Waals surface area contributed by atoms with E-state index >= 15 is 0 Å². The van der Waals surface area contributed by atoms with Crippen LogP contribution in [0.1, 0.15) is 6.92 Å². The Morgan fingerprint density at radius 1 is 1.43 bits per heavy atom. The average Bonchev–Trinajstić information content (AvgIpc) is 2.99. The minimum absolute atomic E-state index is 0.171. The molecule has 1 saturated heterocycles. The van der Waals surface area contributed by atoms with E-state index in [1.54, 1.807) is 43.6 Å². The number of hydrogen-bond acceptors (Lipinski definition) is 6. The van der Waals surface area contributed by atoms with Crippen LogP contribution in [0.2, 0.25) is 0 Å². The van der Waals surface area contributed by atoms with Crippen molar-refractivity contribution in [2.45, 2.75) is 11.1 Å². The zero-order valence-electron chi connectivity index (χ0n) is 11.8. The first-order valence-electron chi connectivity index (χ1n) is 6.11. The standard InChI is InChI=1S/C12H15N3O3S3/c1-4-15-11(16)9(8-14(2)3)20-12(15)13-21(17,18)10-6-5-7-19-10/h5-8H,4H2,1-3H3. The summed E-state index contributed by atoms with van der Waals surface area (Å²) in [4.78, 5) is 15.8. The molecule has 0 atom stereocenters. The fourth-order valence-electron chi connectivity index (χ4n) is 1.64. The van der Waals surface area contributed by atoms with Crippen molar-refractivity contribution in [2.75, 3.05) is 20.6 Å². The molecule has 21 heavy (non-hydrogen) atoms. The number of amides is 1. The van der Waals surface area contributed by atoms with Gasteiger partial charge in [0.2, 0.25) is 0 Å². The number of thiophene rings is 1. The Morgan fingerprint density at radius 3 is 2.67 bits per heavy atom. The van der Waals surface area contributed by atoms with Crippen LogP contribution in [0, 0.1) is 0 Å². The number of hydrogen-bond donors (Lipinski definition) is 0. The van der Waals surface area contributed by atoms with E-state index < -0.39 is 10.0 Å². The van der Waals surface area contributed by atoms with E-state index in [0.717, 1.165) is 23.1 Å². The highest BCUT2D eigenvalue weighted by molar-refractivity contribution is 8.19. The molecule has 6 nitrogen and oxygen atoms in total. The van der Waals surface area contributed by atoms with Gasteiger partial charge < -0.3 is 4.90 Å². The third-order valence-corrected chi connectivity index (χ3v) is 6.28. The molecule has 114 valence electrons. The van der Waals surface area contributed by atoms with Gasteiger partial charge in [-0.05, 0) is 30.1 Å². The quantitative estimate of drug-likeness (QED) is 0.778. The normalized spacial score (nSPS) is 19.8. The topological polar surface area (TPSA) is 70.1 Å². The number of carbonyl (C=O) groups is 1. The van der Waals surface area contributed by atoms with Gasteiger partial charge in [-0.15, -0.1) is 15.7 Å². The summed E-state index contributed by atoms with van der Waals surface area (Å²) in [6.45, 7) is 2.15. The highest BCUT2D eigenvalue weighted by Gasteiger charge is 2.34. The highest BCUT2D eigenvalue weighted by Crippen LogP contribution is 2.32. The lowest BCUT2D eigenvalue weighted by Crippen LogP contribution is -2.29. The zero-order valence-corrected chi connectivity index (χ0v) is 14.3. The summed E-state index contributed by atoms with van der Waals surface area (Å²) in [7, 11) is -0.167. The van der Waals surface area contributed by atoms with Crippen LogP contribution < -0.4 is 0 Å². The first-order valence-corrected chi connectivity index (χ1v) is 9.25. The summed E-state index contributed by atoms with van der Waals surface area (Å²) >= 11 is 2.18. The lowest BCUT2D eigenvalue weighted by molar-refractivity contribution is -0.122. The number of likely N-dealkylation sites (N-methyl/N-ethyl adjacent to an activating group) is 1. The summed E-state index contributed by atoms with van der Waals surface area (Å²) in [5.74, 6) is -0.226. The lowest BCUT2D eigenvalue weighted by Gasteiger charge is -2.11. The number of carbonyl (C=O) groups excluding carboxylic acids is 1. The summed E-state index contributed by atoms with van der Waals surface area (Å²) in [6, 6.07) is 3.15. The first-order chi connectivity index (χ1) is 9.85. The first kappa shape index (κ1) is 16.1. The number of nitrogens with zero attached hydrogens (tertiary/aromatic N) is 3. The SMILES string of the molecule is CCN1C(=O)C(=CN(C)C)SC1=NS(=O)(=O)c1cccs1. The highest BCUT2D eigenvalue weighted by atomic mass is 32.2. The zero-order chi connectivity index (χ0) is 15.6. The molecule has 2 heterocycles. The molecule has 0 N–H and O–H groups in total. The van der Waals surface area contributed by atoms with Crippen molar-refractivity contribution in [3.05, 3.63) is 28.6 Å². The average molecular weight is 345 g/mol. The molecule has 0 bridgehead atoms. The van der Waals surface area contributed by atoms with Crippen molar-refractivity contribution in [1.82, 2.24) is 9.80 Å². The number of sulfonamides is 1. The van der Waals surface area contributed by atoms with Gasteiger partial charge in [-0.2, -0.15) is 8.42 Å². The van der Waals surface area contributed by atoms with E-state index in [0.29, 0.717) is 11.4 Å². The Balaban J connectivity index is 2.39. The molecule has 0 radical (unpaired) electrons. The van der Waals surface area contributed by atoms with Crippen molar-refractivity contribution in [3.8, 4) is 0 Å². The third kappa shape index (κ3) is 3.47. The second-order valence-corrected chi connectivity index (χ2v) is 8.18. The van der Waals surface area contributed by atoms with E-state index in [9.17, 15) is 13.2 Å². The van der Waals surface area contributed by atoms with Crippen molar-refractivity contribution < 1.29 is 13.2 Å².